The Morgan fingerprint density at radius 2 is 2.19 bits per heavy atom. The normalized spacial score (nSPS) is 22.2. The molecule has 0 aliphatic carbocycles. The van der Waals surface area contributed by atoms with E-state index >= 15 is 0 Å². The van der Waals surface area contributed by atoms with E-state index < -0.39 is 0 Å². The lowest BCUT2D eigenvalue weighted by atomic mass is 10.1. The minimum atomic E-state index is -0.00889. The Morgan fingerprint density at radius 3 is 2.81 bits per heavy atom. The van der Waals surface area contributed by atoms with Gasteiger partial charge in [0.15, 0.2) is 0 Å². The molecular weight excluding hydrogens is 202 g/mol. The zero-order chi connectivity index (χ0) is 11.2. The summed E-state index contributed by atoms with van der Waals surface area (Å²) < 4.78 is 11.3. The highest BCUT2D eigenvalue weighted by Crippen LogP contribution is 2.19. The summed E-state index contributed by atoms with van der Waals surface area (Å²) in [6.07, 6.45) is 2.50. The van der Waals surface area contributed by atoms with Gasteiger partial charge in [-0.15, -0.1) is 0 Å². The zero-order valence-corrected chi connectivity index (χ0v) is 9.47. The Morgan fingerprint density at radius 1 is 1.38 bits per heavy atom. The molecule has 1 fully saturated rings. The van der Waals surface area contributed by atoms with Gasteiger partial charge in [0.05, 0.1) is 18.8 Å². The maximum absolute atomic E-state index is 5.81. The molecule has 3 heteroatoms. The Bertz CT molecular complexity index is 296. The lowest BCUT2D eigenvalue weighted by molar-refractivity contribution is -0.0181. The predicted octanol–water partition coefficient (Wildman–Crippen LogP) is 1.88. The van der Waals surface area contributed by atoms with Crippen LogP contribution in [0.15, 0.2) is 30.3 Å². The summed E-state index contributed by atoms with van der Waals surface area (Å²) in [5.41, 5.74) is 6.87. The maximum atomic E-state index is 5.81. The summed E-state index contributed by atoms with van der Waals surface area (Å²) in [4.78, 5) is 0. The minimum Gasteiger partial charge on any atom is -0.376 e. The average molecular weight is 221 g/mol. The lowest BCUT2D eigenvalue weighted by Gasteiger charge is -2.18. The molecule has 1 aliphatic heterocycles. The third-order valence-corrected chi connectivity index (χ3v) is 2.89. The van der Waals surface area contributed by atoms with Crippen LogP contribution in [0.1, 0.15) is 24.5 Å². The van der Waals surface area contributed by atoms with Crippen molar-refractivity contribution in [1.29, 1.82) is 0 Å². The molecule has 0 bridgehead atoms. The Labute approximate surface area is 96.5 Å². The summed E-state index contributed by atoms with van der Waals surface area (Å²) in [7, 11) is 0. The molecule has 1 aliphatic rings. The first-order valence-electron chi connectivity index (χ1n) is 5.88. The Hall–Kier alpha value is -0.900. The molecule has 3 nitrogen and oxygen atoms in total. The van der Waals surface area contributed by atoms with Crippen molar-refractivity contribution in [3.8, 4) is 0 Å². The molecule has 2 atom stereocenters. The van der Waals surface area contributed by atoms with Gasteiger partial charge in [-0.2, -0.15) is 0 Å². The summed E-state index contributed by atoms with van der Waals surface area (Å²) >= 11 is 0. The van der Waals surface area contributed by atoms with Gasteiger partial charge in [0.2, 0.25) is 0 Å². The van der Waals surface area contributed by atoms with Crippen LogP contribution >= 0.6 is 0 Å². The van der Waals surface area contributed by atoms with Crippen molar-refractivity contribution in [2.75, 3.05) is 19.8 Å². The smallest absolute Gasteiger partial charge is 0.0948 e. The Kier molecular flexibility index (Phi) is 4.34. The number of rotatable bonds is 5. The molecular formula is C13H19NO2. The second-order valence-electron chi connectivity index (χ2n) is 4.10. The molecule has 88 valence electrons. The van der Waals surface area contributed by atoms with Crippen LogP contribution in [0.25, 0.3) is 0 Å². The van der Waals surface area contributed by atoms with Crippen molar-refractivity contribution in [2.24, 2.45) is 5.73 Å². The monoisotopic (exact) mass is 221 g/mol. The second-order valence-corrected chi connectivity index (χ2v) is 4.10. The van der Waals surface area contributed by atoms with Crippen LogP contribution in [-0.2, 0) is 9.47 Å². The molecule has 2 rings (SSSR count). The Balaban J connectivity index is 1.85. The topological polar surface area (TPSA) is 44.5 Å². The number of hydrogen-bond acceptors (Lipinski definition) is 3. The van der Waals surface area contributed by atoms with E-state index in [0.29, 0.717) is 13.2 Å². The van der Waals surface area contributed by atoms with Crippen molar-refractivity contribution >= 4 is 0 Å². The predicted molar refractivity (Wildman–Crippen MR) is 63.2 cm³/mol. The largest absolute Gasteiger partial charge is 0.376 e. The van der Waals surface area contributed by atoms with Crippen LogP contribution in [0.3, 0.4) is 0 Å². The fourth-order valence-electron chi connectivity index (χ4n) is 1.97. The molecule has 0 aromatic heterocycles. The van der Waals surface area contributed by atoms with Crippen molar-refractivity contribution in [3.63, 3.8) is 0 Å². The summed E-state index contributed by atoms with van der Waals surface area (Å²) in [6, 6.07) is 10.1. The quantitative estimate of drug-likeness (QED) is 0.825. The van der Waals surface area contributed by atoms with Gasteiger partial charge >= 0.3 is 0 Å². The summed E-state index contributed by atoms with van der Waals surface area (Å²) in [6.45, 7) is 2.03. The van der Waals surface area contributed by atoms with E-state index in [9.17, 15) is 0 Å². The third kappa shape index (κ3) is 3.04. The fraction of sp³-hybridized carbons (Fsp3) is 0.538. The van der Waals surface area contributed by atoms with E-state index in [1.54, 1.807) is 0 Å². The van der Waals surface area contributed by atoms with Gasteiger partial charge in [0.25, 0.3) is 0 Å². The molecule has 1 saturated heterocycles. The first kappa shape index (κ1) is 11.6. The number of nitrogens with two attached hydrogens (primary N) is 1. The van der Waals surface area contributed by atoms with Gasteiger partial charge in [-0.1, -0.05) is 30.3 Å². The van der Waals surface area contributed by atoms with Crippen LogP contribution in [-0.4, -0.2) is 25.9 Å². The first-order chi connectivity index (χ1) is 7.90. The van der Waals surface area contributed by atoms with E-state index in [1.165, 1.54) is 0 Å². The molecule has 1 heterocycles. The molecule has 0 radical (unpaired) electrons. The lowest BCUT2D eigenvalue weighted by Crippen LogP contribution is -2.21. The third-order valence-electron chi connectivity index (χ3n) is 2.89. The molecule has 1 aromatic carbocycles. The molecule has 2 unspecified atom stereocenters. The first-order valence-corrected chi connectivity index (χ1v) is 5.88. The van der Waals surface area contributed by atoms with Gasteiger partial charge in [0.1, 0.15) is 0 Å². The standard InChI is InChI=1S/C13H19NO2/c14-9-13(11-5-2-1-3-6-11)16-10-12-7-4-8-15-12/h1-3,5-6,12-13H,4,7-10,14H2. The SMILES string of the molecule is NCC(OCC1CCCO1)c1ccccc1. The zero-order valence-electron chi connectivity index (χ0n) is 9.47. The van der Waals surface area contributed by atoms with Crippen molar-refractivity contribution in [2.45, 2.75) is 25.0 Å². The van der Waals surface area contributed by atoms with E-state index in [4.69, 9.17) is 15.2 Å². The number of hydrogen-bond donors (Lipinski definition) is 1. The van der Waals surface area contributed by atoms with Gasteiger partial charge in [0, 0.05) is 13.2 Å². The highest BCUT2D eigenvalue weighted by Gasteiger charge is 2.18. The van der Waals surface area contributed by atoms with E-state index in [2.05, 4.69) is 0 Å². The summed E-state index contributed by atoms with van der Waals surface area (Å²) in [5, 5.41) is 0. The van der Waals surface area contributed by atoms with E-state index in [0.717, 1.165) is 25.0 Å². The van der Waals surface area contributed by atoms with Crippen LogP contribution in [0, 0.1) is 0 Å². The van der Waals surface area contributed by atoms with Crippen LogP contribution in [0.4, 0.5) is 0 Å². The molecule has 0 spiro atoms. The maximum Gasteiger partial charge on any atom is 0.0948 e. The van der Waals surface area contributed by atoms with Crippen LogP contribution < -0.4 is 5.73 Å². The highest BCUT2D eigenvalue weighted by atomic mass is 16.5. The van der Waals surface area contributed by atoms with Crippen LogP contribution in [0.5, 0.6) is 0 Å². The molecule has 1 aromatic rings. The van der Waals surface area contributed by atoms with Crippen LogP contribution in [0.2, 0.25) is 0 Å². The van der Waals surface area contributed by atoms with Crippen molar-refractivity contribution < 1.29 is 9.47 Å². The van der Waals surface area contributed by atoms with Gasteiger partial charge in [-0.3, -0.25) is 0 Å². The molecule has 0 saturated carbocycles. The van der Waals surface area contributed by atoms with Gasteiger partial charge in [-0.05, 0) is 18.4 Å². The average Bonchev–Trinajstić information content (AvgIpc) is 2.84. The van der Waals surface area contributed by atoms with Crippen molar-refractivity contribution in [3.05, 3.63) is 35.9 Å². The molecule has 16 heavy (non-hydrogen) atoms. The number of benzene rings is 1. The van der Waals surface area contributed by atoms with Gasteiger partial charge in [-0.25, -0.2) is 0 Å². The summed E-state index contributed by atoms with van der Waals surface area (Å²) in [5.74, 6) is 0. The minimum absolute atomic E-state index is 0.00889. The molecule has 2 N–H and O–H groups in total. The second kappa shape index (κ2) is 5.99. The van der Waals surface area contributed by atoms with E-state index in [-0.39, 0.29) is 12.2 Å². The molecule has 0 amide bonds. The van der Waals surface area contributed by atoms with E-state index in [1.807, 2.05) is 30.3 Å². The highest BCUT2D eigenvalue weighted by molar-refractivity contribution is 5.17. The van der Waals surface area contributed by atoms with Crippen molar-refractivity contribution in [1.82, 2.24) is 0 Å². The van der Waals surface area contributed by atoms with Gasteiger partial charge < -0.3 is 15.2 Å². The number of ether oxygens (including phenoxy) is 2. The fourth-order valence-corrected chi connectivity index (χ4v) is 1.97.